The normalized spacial score (nSPS) is 17.1. The fourth-order valence-corrected chi connectivity index (χ4v) is 4.05. The molecular weight excluding hydrogens is 399 g/mol. The number of benzene rings is 2. The summed E-state index contributed by atoms with van der Waals surface area (Å²) in [6.45, 7) is 2.08. The van der Waals surface area contributed by atoms with Crippen molar-refractivity contribution in [3.63, 3.8) is 0 Å². The standard InChI is InChI=1S/C24H23FN2O4/c25-18-5-3-16(4-6-18)14-30-19-7-8-21-17(12-19)9-10-27-22(21)13-23(26-24(27)28)31-15-20-2-1-11-29-20/h3-8,12-13,20H,1-2,9-11,14-15H2. The maximum absolute atomic E-state index is 13.1. The quantitative estimate of drug-likeness (QED) is 0.606. The van der Waals surface area contributed by atoms with Crippen LogP contribution in [0.5, 0.6) is 11.6 Å². The lowest BCUT2D eigenvalue weighted by atomic mass is 9.97. The highest BCUT2D eigenvalue weighted by molar-refractivity contribution is 5.67. The van der Waals surface area contributed by atoms with Gasteiger partial charge in [0.15, 0.2) is 0 Å². The number of halogens is 1. The number of fused-ring (bicyclic) bond motifs is 3. The van der Waals surface area contributed by atoms with E-state index in [4.69, 9.17) is 14.2 Å². The Bertz CT molecular complexity index is 1140. The minimum atomic E-state index is -0.304. The summed E-state index contributed by atoms with van der Waals surface area (Å²) in [5.74, 6) is 0.805. The number of hydrogen-bond acceptors (Lipinski definition) is 5. The van der Waals surface area contributed by atoms with Gasteiger partial charge in [0.25, 0.3) is 0 Å². The molecule has 3 aromatic rings. The molecule has 2 aromatic carbocycles. The minimum Gasteiger partial charge on any atom is -0.489 e. The van der Waals surface area contributed by atoms with Crippen molar-refractivity contribution in [1.29, 1.82) is 0 Å². The molecule has 2 aliphatic rings. The summed E-state index contributed by atoms with van der Waals surface area (Å²) in [5.41, 5.74) is 3.47. The molecule has 0 amide bonds. The molecule has 0 bridgehead atoms. The molecule has 0 spiro atoms. The molecule has 0 saturated carbocycles. The molecule has 1 atom stereocenters. The lowest BCUT2D eigenvalue weighted by Crippen LogP contribution is -2.29. The molecule has 0 N–H and O–H groups in total. The second-order valence-electron chi connectivity index (χ2n) is 7.84. The molecule has 3 heterocycles. The first-order valence-corrected chi connectivity index (χ1v) is 10.5. The highest BCUT2D eigenvalue weighted by atomic mass is 19.1. The Morgan fingerprint density at radius 3 is 2.81 bits per heavy atom. The van der Waals surface area contributed by atoms with Crippen LogP contribution in [0.3, 0.4) is 0 Å². The first-order chi connectivity index (χ1) is 15.2. The third kappa shape index (κ3) is 4.32. The van der Waals surface area contributed by atoms with E-state index in [2.05, 4.69) is 4.98 Å². The van der Waals surface area contributed by atoms with Crippen molar-refractivity contribution >= 4 is 0 Å². The third-order valence-electron chi connectivity index (χ3n) is 5.70. The average molecular weight is 422 g/mol. The summed E-state index contributed by atoms with van der Waals surface area (Å²) in [4.78, 5) is 16.6. The van der Waals surface area contributed by atoms with Crippen LogP contribution in [0.15, 0.2) is 53.3 Å². The van der Waals surface area contributed by atoms with E-state index in [1.165, 1.54) is 12.1 Å². The maximum atomic E-state index is 13.1. The van der Waals surface area contributed by atoms with Gasteiger partial charge in [0.1, 0.15) is 24.8 Å². The van der Waals surface area contributed by atoms with Crippen LogP contribution in [-0.2, 0) is 24.3 Å². The topological polar surface area (TPSA) is 62.6 Å². The van der Waals surface area contributed by atoms with Gasteiger partial charge >= 0.3 is 5.69 Å². The van der Waals surface area contributed by atoms with Crippen LogP contribution < -0.4 is 15.2 Å². The van der Waals surface area contributed by atoms with Crippen LogP contribution in [0.2, 0.25) is 0 Å². The molecule has 1 saturated heterocycles. The summed E-state index contributed by atoms with van der Waals surface area (Å²) in [6, 6.07) is 13.9. The van der Waals surface area contributed by atoms with Gasteiger partial charge in [-0.2, -0.15) is 4.98 Å². The monoisotopic (exact) mass is 422 g/mol. The Hall–Kier alpha value is -3.19. The van der Waals surface area contributed by atoms with E-state index < -0.39 is 0 Å². The minimum absolute atomic E-state index is 0.0636. The molecule has 5 rings (SSSR count). The number of aryl methyl sites for hydroxylation is 1. The maximum Gasteiger partial charge on any atom is 0.351 e. The molecule has 0 aliphatic carbocycles. The predicted molar refractivity (Wildman–Crippen MR) is 113 cm³/mol. The SMILES string of the molecule is O=c1nc(OCC2CCCO2)cc2n1CCc1cc(OCc3ccc(F)cc3)ccc1-2. The van der Waals surface area contributed by atoms with Crippen molar-refractivity contribution in [3.05, 3.63) is 76.0 Å². The Kier molecular flexibility index (Phi) is 5.42. The average Bonchev–Trinajstić information content (AvgIpc) is 3.31. The van der Waals surface area contributed by atoms with Gasteiger partial charge in [0.05, 0.1) is 11.8 Å². The van der Waals surface area contributed by atoms with E-state index in [0.717, 1.165) is 47.6 Å². The summed E-state index contributed by atoms with van der Waals surface area (Å²) in [5, 5.41) is 0. The third-order valence-corrected chi connectivity index (χ3v) is 5.70. The van der Waals surface area contributed by atoms with Gasteiger partial charge < -0.3 is 14.2 Å². The van der Waals surface area contributed by atoms with Crippen molar-refractivity contribution in [2.24, 2.45) is 0 Å². The molecular formula is C24H23FN2O4. The lowest BCUT2D eigenvalue weighted by Gasteiger charge is -2.22. The largest absolute Gasteiger partial charge is 0.489 e. The van der Waals surface area contributed by atoms with Crippen LogP contribution in [0.4, 0.5) is 4.39 Å². The van der Waals surface area contributed by atoms with Crippen LogP contribution in [0.25, 0.3) is 11.3 Å². The van der Waals surface area contributed by atoms with E-state index in [0.29, 0.717) is 32.1 Å². The Balaban J connectivity index is 1.35. The van der Waals surface area contributed by atoms with Gasteiger partial charge in [-0.1, -0.05) is 12.1 Å². The van der Waals surface area contributed by atoms with Gasteiger partial charge in [0, 0.05) is 24.8 Å². The predicted octanol–water partition coefficient (Wildman–Crippen LogP) is 3.74. The molecule has 6 nitrogen and oxygen atoms in total. The second-order valence-corrected chi connectivity index (χ2v) is 7.84. The van der Waals surface area contributed by atoms with Gasteiger partial charge in [-0.25, -0.2) is 9.18 Å². The van der Waals surface area contributed by atoms with E-state index >= 15 is 0 Å². The zero-order valence-corrected chi connectivity index (χ0v) is 17.1. The zero-order chi connectivity index (χ0) is 21.2. The Labute approximate surface area is 179 Å². The smallest absolute Gasteiger partial charge is 0.351 e. The van der Waals surface area contributed by atoms with Crippen LogP contribution in [-0.4, -0.2) is 28.9 Å². The molecule has 7 heteroatoms. The van der Waals surface area contributed by atoms with Gasteiger partial charge in [-0.05, 0) is 60.7 Å². The molecule has 1 aromatic heterocycles. The molecule has 2 aliphatic heterocycles. The number of hydrogen-bond donors (Lipinski definition) is 0. The highest BCUT2D eigenvalue weighted by Crippen LogP contribution is 2.32. The van der Waals surface area contributed by atoms with Crippen molar-refractivity contribution in [1.82, 2.24) is 9.55 Å². The fraction of sp³-hybridized carbons (Fsp3) is 0.333. The van der Waals surface area contributed by atoms with E-state index in [1.54, 1.807) is 16.7 Å². The summed E-state index contributed by atoms with van der Waals surface area (Å²) < 4.78 is 32.0. The lowest BCUT2D eigenvalue weighted by molar-refractivity contribution is 0.0661. The number of nitrogens with zero attached hydrogens (tertiary/aromatic N) is 2. The van der Waals surface area contributed by atoms with Crippen molar-refractivity contribution < 1.29 is 18.6 Å². The first-order valence-electron chi connectivity index (χ1n) is 10.5. The van der Waals surface area contributed by atoms with E-state index in [1.807, 2.05) is 24.3 Å². The van der Waals surface area contributed by atoms with E-state index in [-0.39, 0.29) is 17.6 Å². The van der Waals surface area contributed by atoms with Crippen molar-refractivity contribution in [3.8, 4) is 22.9 Å². The number of aromatic nitrogens is 2. The van der Waals surface area contributed by atoms with Crippen LogP contribution >= 0.6 is 0 Å². The molecule has 1 unspecified atom stereocenters. The van der Waals surface area contributed by atoms with Crippen molar-refractivity contribution in [2.75, 3.05) is 13.2 Å². The second kappa shape index (κ2) is 8.51. The summed E-state index contributed by atoms with van der Waals surface area (Å²) in [6.07, 6.45) is 2.78. The van der Waals surface area contributed by atoms with Crippen LogP contribution in [0.1, 0.15) is 24.0 Å². The summed E-state index contributed by atoms with van der Waals surface area (Å²) in [7, 11) is 0. The molecule has 160 valence electrons. The molecule has 0 radical (unpaired) electrons. The van der Waals surface area contributed by atoms with Crippen LogP contribution in [0, 0.1) is 5.82 Å². The van der Waals surface area contributed by atoms with Gasteiger partial charge in [-0.15, -0.1) is 0 Å². The number of ether oxygens (including phenoxy) is 3. The van der Waals surface area contributed by atoms with Gasteiger partial charge in [-0.3, -0.25) is 4.57 Å². The first kappa shape index (κ1) is 19.8. The number of rotatable bonds is 6. The molecule has 1 fully saturated rings. The highest BCUT2D eigenvalue weighted by Gasteiger charge is 2.21. The fourth-order valence-electron chi connectivity index (χ4n) is 4.05. The van der Waals surface area contributed by atoms with Crippen molar-refractivity contribution in [2.45, 2.75) is 38.5 Å². The van der Waals surface area contributed by atoms with Gasteiger partial charge in [0.2, 0.25) is 5.88 Å². The molecule has 31 heavy (non-hydrogen) atoms. The zero-order valence-electron chi connectivity index (χ0n) is 17.1. The summed E-state index contributed by atoms with van der Waals surface area (Å²) >= 11 is 0. The Morgan fingerprint density at radius 2 is 2.00 bits per heavy atom. The Morgan fingerprint density at radius 1 is 1.13 bits per heavy atom. The van der Waals surface area contributed by atoms with E-state index in [9.17, 15) is 9.18 Å².